The second-order valence-corrected chi connectivity index (χ2v) is 8.12. The number of fused-ring (bicyclic) bond motifs is 1. The lowest BCUT2D eigenvalue weighted by molar-refractivity contribution is -0.384. The number of carbonyl (C=O) groups is 1. The van der Waals surface area contributed by atoms with E-state index >= 15 is 0 Å². The number of aromatic nitrogens is 2. The van der Waals surface area contributed by atoms with Crippen molar-refractivity contribution >= 4 is 22.5 Å². The predicted molar refractivity (Wildman–Crippen MR) is 124 cm³/mol. The molecule has 0 N–H and O–H groups in total. The lowest BCUT2D eigenvalue weighted by Crippen LogP contribution is -2.40. The fourth-order valence-electron chi connectivity index (χ4n) is 3.92. The van der Waals surface area contributed by atoms with Crippen LogP contribution >= 0.6 is 0 Å². The molecule has 0 aliphatic rings. The highest BCUT2D eigenvalue weighted by molar-refractivity contribution is 5.94. The number of hydrogen-bond acceptors (Lipinski definition) is 5. The van der Waals surface area contributed by atoms with Gasteiger partial charge in [0.2, 0.25) is 0 Å². The molecular weight excluding hydrogens is 408 g/mol. The summed E-state index contributed by atoms with van der Waals surface area (Å²) in [5.74, 6) is 0.480. The maximum Gasteiger partial charge on any atom is 0.269 e. The Balaban J connectivity index is 2.12. The average molecular weight is 437 g/mol. The SMILES string of the molecule is CCC(c1nc2ccccc2c(=O)n1CC)N(CC(C)C)C(=O)c1ccc([N+](=O)[O-])cc1. The molecular formula is C24H28N4O4. The molecule has 8 nitrogen and oxygen atoms in total. The van der Waals surface area contributed by atoms with Crippen LogP contribution in [0.3, 0.4) is 0 Å². The van der Waals surface area contributed by atoms with Crippen LogP contribution in [-0.4, -0.2) is 31.8 Å². The van der Waals surface area contributed by atoms with Crippen LogP contribution in [0.5, 0.6) is 0 Å². The smallest absolute Gasteiger partial charge is 0.269 e. The van der Waals surface area contributed by atoms with E-state index in [1.54, 1.807) is 21.6 Å². The van der Waals surface area contributed by atoms with Crippen LogP contribution in [0.25, 0.3) is 10.9 Å². The number of amides is 1. The van der Waals surface area contributed by atoms with Crippen molar-refractivity contribution in [3.8, 4) is 0 Å². The van der Waals surface area contributed by atoms with E-state index < -0.39 is 11.0 Å². The maximum atomic E-state index is 13.5. The van der Waals surface area contributed by atoms with Crippen LogP contribution in [0.15, 0.2) is 53.3 Å². The van der Waals surface area contributed by atoms with Crippen LogP contribution in [0.2, 0.25) is 0 Å². The van der Waals surface area contributed by atoms with E-state index in [1.807, 2.05) is 39.8 Å². The minimum atomic E-state index is -0.492. The standard InChI is InChI=1S/C24H28N4O4/c1-5-21(22-25-20-10-8-7-9-19(20)24(30)26(22)6-2)27(15-16(3)4)23(29)17-11-13-18(14-12-17)28(31)32/h7-14,16,21H,5-6,15H2,1-4H3. The molecule has 1 unspecified atom stereocenters. The Kier molecular flexibility index (Phi) is 7.02. The highest BCUT2D eigenvalue weighted by Crippen LogP contribution is 2.27. The summed E-state index contributed by atoms with van der Waals surface area (Å²) in [5, 5.41) is 11.5. The molecule has 0 aliphatic carbocycles. The zero-order chi connectivity index (χ0) is 23.4. The highest BCUT2D eigenvalue weighted by atomic mass is 16.6. The summed E-state index contributed by atoms with van der Waals surface area (Å²) in [5.41, 5.74) is 0.766. The summed E-state index contributed by atoms with van der Waals surface area (Å²) in [7, 11) is 0. The Morgan fingerprint density at radius 2 is 1.78 bits per heavy atom. The molecule has 0 bridgehead atoms. The highest BCUT2D eigenvalue weighted by Gasteiger charge is 2.29. The van der Waals surface area contributed by atoms with Gasteiger partial charge in [0.15, 0.2) is 0 Å². The number of non-ortho nitro benzene ring substituents is 1. The van der Waals surface area contributed by atoms with Crippen molar-refractivity contribution in [3.63, 3.8) is 0 Å². The fraction of sp³-hybridized carbons (Fsp3) is 0.375. The van der Waals surface area contributed by atoms with Crippen molar-refractivity contribution in [3.05, 3.63) is 80.4 Å². The molecule has 1 atom stereocenters. The number of nitrogens with zero attached hydrogens (tertiary/aromatic N) is 4. The molecule has 3 aromatic rings. The molecule has 0 saturated heterocycles. The summed E-state index contributed by atoms with van der Waals surface area (Å²) in [6.45, 7) is 8.78. The van der Waals surface area contributed by atoms with Crippen LogP contribution < -0.4 is 5.56 Å². The van der Waals surface area contributed by atoms with E-state index in [-0.39, 0.29) is 23.1 Å². The first-order chi connectivity index (χ1) is 15.3. The Labute approximate surface area is 186 Å². The topological polar surface area (TPSA) is 98.3 Å². The molecule has 1 amide bonds. The van der Waals surface area contributed by atoms with Crippen molar-refractivity contribution in [2.24, 2.45) is 5.92 Å². The van der Waals surface area contributed by atoms with Crippen LogP contribution in [-0.2, 0) is 6.54 Å². The first-order valence-electron chi connectivity index (χ1n) is 10.8. The molecule has 0 saturated carbocycles. The Hall–Kier alpha value is -3.55. The Bertz CT molecular complexity index is 1180. The number of nitro groups is 1. The summed E-state index contributed by atoms with van der Waals surface area (Å²) < 4.78 is 1.63. The molecule has 168 valence electrons. The third-order valence-corrected chi connectivity index (χ3v) is 5.42. The predicted octanol–water partition coefficient (Wildman–Crippen LogP) is 4.57. The lowest BCUT2D eigenvalue weighted by Gasteiger charge is -2.33. The van der Waals surface area contributed by atoms with Crippen LogP contribution in [0.1, 0.15) is 56.3 Å². The molecule has 1 heterocycles. The largest absolute Gasteiger partial charge is 0.328 e. The van der Waals surface area contributed by atoms with Gasteiger partial charge in [-0.05, 0) is 43.5 Å². The molecule has 0 radical (unpaired) electrons. The van der Waals surface area contributed by atoms with Gasteiger partial charge >= 0.3 is 0 Å². The third kappa shape index (κ3) is 4.54. The number of hydrogen-bond donors (Lipinski definition) is 0. The van der Waals surface area contributed by atoms with Gasteiger partial charge in [-0.1, -0.05) is 32.9 Å². The molecule has 3 rings (SSSR count). The van der Waals surface area contributed by atoms with Gasteiger partial charge in [-0.2, -0.15) is 0 Å². The van der Waals surface area contributed by atoms with E-state index in [0.717, 1.165) is 0 Å². The third-order valence-electron chi connectivity index (χ3n) is 5.42. The van der Waals surface area contributed by atoms with Crippen molar-refractivity contribution in [2.75, 3.05) is 6.54 Å². The molecule has 2 aromatic carbocycles. The number of benzene rings is 2. The second kappa shape index (κ2) is 9.72. The Morgan fingerprint density at radius 1 is 1.12 bits per heavy atom. The Morgan fingerprint density at radius 3 is 2.34 bits per heavy atom. The molecule has 0 spiro atoms. The molecule has 0 aliphatic heterocycles. The summed E-state index contributed by atoms with van der Waals surface area (Å²) in [4.78, 5) is 43.7. The molecule has 8 heteroatoms. The zero-order valence-electron chi connectivity index (χ0n) is 18.8. The second-order valence-electron chi connectivity index (χ2n) is 8.12. The number of para-hydroxylation sites is 1. The van der Waals surface area contributed by atoms with Gasteiger partial charge in [-0.3, -0.25) is 24.3 Å². The van der Waals surface area contributed by atoms with Crippen LogP contribution in [0.4, 0.5) is 5.69 Å². The number of carbonyl (C=O) groups excluding carboxylic acids is 1. The van der Waals surface area contributed by atoms with Gasteiger partial charge in [-0.25, -0.2) is 4.98 Å². The summed E-state index contributed by atoms with van der Waals surface area (Å²) in [6.07, 6.45) is 0.566. The minimum absolute atomic E-state index is 0.0694. The van der Waals surface area contributed by atoms with E-state index in [0.29, 0.717) is 41.8 Å². The van der Waals surface area contributed by atoms with Gasteiger partial charge in [0.25, 0.3) is 17.2 Å². The first kappa shape index (κ1) is 23.1. The molecule has 32 heavy (non-hydrogen) atoms. The lowest BCUT2D eigenvalue weighted by atomic mass is 10.1. The monoisotopic (exact) mass is 436 g/mol. The average Bonchev–Trinajstić information content (AvgIpc) is 2.78. The normalized spacial score (nSPS) is 12.2. The van der Waals surface area contributed by atoms with Crippen molar-refractivity contribution in [1.82, 2.24) is 14.5 Å². The van der Waals surface area contributed by atoms with Gasteiger partial charge in [0, 0.05) is 30.8 Å². The van der Waals surface area contributed by atoms with E-state index in [4.69, 9.17) is 4.98 Å². The van der Waals surface area contributed by atoms with Crippen LogP contribution in [0, 0.1) is 16.0 Å². The van der Waals surface area contributed by atoms with Crippen molar-refractivity contribution < 1.29 is 9.72 Å². The van der Waals surface area contributed by atoms with Gasteiger partial charge in [0.05, 0.1) is 21.9 Å². The number of nitro benzene ring substituents is 1. The molecule has 1 aromatic heterocycles. The molecule has 0 fully saturated rings. The van der Waals surface area contributed by atoms with Gasteiger partial charge in [0.1, 0.15) is 5.82 Å². The van der Waals surface area contributed by atoms with E-state index in [1.165, 1.54) is 24.3 Å². The summed E-state index contributed by atoms with van der Waals surface area (Å²) >= 11 is 0. The van der Waals surface area contributed by atoms with Crippen molar-refractivity contribution in [2.45, 2.75) is 46.7 Å². The van der Waals surface area contributed by atoms with E-state index in [9.17, 15) is 19.7 Å². The summed E-state index contributed by atoms with van der Waals surface area (Å²) in [6, 6.07) is 12.4. The minimum Gasteiger partial charge on any atom is -0.328 e. The first-order valence-corrected chi connectivity index (χ1v) is 10.8. The number of rotatable bonds is 8. The quantitative estimate of drug-likeness (QED) is 0.380. The van der Waals surface area contributed by atoms with E-state index in [2.05, 4.69) is 0 Å². The fourth-order valence-corrected chi connectivity index (χ4v) is 3.92. The zero-order valence-corrected chi connectivity index (χ0v) is 18.8. The van der Waals surface area contributed by atoms with Crippen molar-refractivity contribution in [1.29, 1.82) is 0 Å². The van der Waals surface area contributed by atoms with Gasteiger partial charge in [-0.15, -0.1) is 0 Å². The van der Waals surface area contributed by atoms with Gasteiger partial charge < -0.3 is 4.90 Å². The maximum absolute atomic E-state index is 13.5.